The number of ether oxygens (including phenoxy) is 1. The molecule has 0 bridgehead atoms. The van der Waals surface area contributed by atoms with Gasteiger partial charge in [-0.1, -0.05) is 18.9 Å². The number of nitrogens with one attached hydrogen (secondary N) is 1. The number of fused-ring (bicyclic) bond motifs is 1. The molecule has 2 aromatic heterocycles. The van der Waals surface area contributed by atoms with E-state index in [0.717, 1.165) is 17.9 Å². The van der Waals surface area contributed by atoms with Gasteiger partial charge < -0.3 is 10.1 Å². The van der Waals surface area contributed by atoms with E-state index in [9.17, 15) is 4.79 Å². The van der Waals surface area contributed by atoms with Crippen LogP contribution in [0.4, 0.5) is 0 Å². The molecule has 0 aliphatic heterocycles. The van der Waals surface area contributed by atoms with Gasteiger partial charge in [-0.15, -0.1) is 0 Å². The molecular formula is C15H19N3O2. The van der Waals surface area contributed by atoms with Gasteiger partial charge in [0.2, 0.25) is 0 Å². The van der Waals surface area contributed by atoms with Gasteiger partial charge in [0.15, 0.2) is 0 Å². The molecule has 1 saturated carbocycles. The van der Waals surface area contributed by atoms with Gasteiger partial charge in [0.25, 0.3) is 0 Å². The fourth-order valence-electron chi connectivity index (χ4n) is 2.87. The Balaban J connectivity index is 1.88. The minimum Gasteiger partial charge on any atom is -0.464 e. The number of hydrogen-bond acceptors (Lipinski definition) is 4. The highest BCUT2D eigenvalue weighted by Gasteiger charge is 2.17. The Bertz CT molecular complexity index is 615. The molecule has 1 fully saturated rings. The Labute approximate surface area is 118 Å². The number of imidazole rings is 1. The van der Waals surface area contributed by atoms with E-state index in [2.05, 4.69) is 10.3 Å². The number of hydrogen-bond donors (Lipinski definition) is 1. The second-order valence-corrected chi connectivity index (χ2v) is 5.21. The Morgan fingerprint density at radius 1 is 1.45 bits per heavy atom. The predicted molar refractivity (Wildman–Crippen MR) is 75.6 cm³/mol. The van der Waals surface area contributed by atoms with E-state index in [1.807, 2.05) is 22.7 Å². The number of nitrogens with zero attached hydrogens (tertiary/aromatic N) is 2. The van der Waals surface area contributed by atoms with Crippen molar-refractivity contribution < 1.29 is 9.53 Å². The van der Waals surface area contributed by atoms with Crippen molar-refractivity contribution in [2.45, 2.75) is 38.3 Å². The minimum atomic E-state index is -0.337. The first-order valence-electron chi connectivity index (χ1n) is 7.06. The van der Waals surface area contributed by atoms with Gasteiger partial charge >= 0.3 is 5.97 Å². The van der Waals surface area contributed by atoms with Crippen LogP contribution in [0.25, 0.3) is 5.65 Å². The molecule has 0 radical (unpaired) electrons. The standard InChI is InChI=1S/C15H19N3O2/c1-20-15(19)13-7-4-8-14-17-10-12(18(13)14)9-16-11-5-2-3-6-11/h4,7-8,10-11,16H,2-3,5-6,9H2,1H3. The molecule has 5 nitrogen and oxygen atoms in total. The van der Waals surface area contributed by atoms with Crippen molar-refractivity contribution in [2.24, 2.45) is 0 Å². The zero-order chi connectivity index (χ0) is 13.9. The van der Waals surface area contributed by atoms with Gasteiger partial charge in [0.05, 0.1) is 19.0 Å². The third-order valence-electron chi connectivity index (χ3n) is 3.92. The van der Waals surface area contributed by atoms with Crippen LogP contribution >= 0.6 is 0 Å². The van der Waals surface area contributed by atoms with Crippen molar-refractivity contribution in [1.82, 2.24) is 14.7 Å². The van der Waals surface area contributed by atoms with E-state index in [1.165, 1.54) is 32.8 Å². The first-order chi connectivity index (χ1) is 9.79. The Kier molecular flexibility index (Phi) is 3.69. The topological polar surface area (TPSA) is 55.6 Å². The first-order valence-corrected chi connectivity index (χ1v) is 7.06. The summed E-state index contributed by atoms with van der Waals surface area (Å²) >= 11 is 0. The summed E-state index contributed by atoms with van der Waals surface area (Å²) in [5, 5.41) is 3.55. The maximum Gasteiger partial charge on any atom is 0.355 e. The van der Waals surface area contributed by atoms with Crippen LogP contribution in [0.1, 0.15) is 41.9 Å². The molecule has 5 heteroatoms. The molecular weight excluding hydrogens is 254 g/mol. The number of carbonyl (C=O) groups excluding carboxylic acids is 1. The number of esters is 1. The molecule has 20 heavy (non-hydrogen) atoms. The van der Waals surface area contributed by atoms with E-state index in [0.29, 0.717) is 11.7 Å². The normalized spacial score (nSPS) is 15.8. The summed E-state index contributed by atoms with van der Waals surface area (Å²) in [6, 6.07) is 6.07. The summed E-state index contributed by atoms with van der Waals surface area (Å²) < 4.78 is 6.71. The zero-order valence-corrected chi connectivity index (χ0v) is 11.6. The molecule has 106 valence electrons. The molecule has 0 atom stereocenters. The van der Waals surface area contributed by atoms with Crippen molar-refractivity contribution in [3.63, 3.8) is 0 Å². The van der Waals surface area contributed by atoms with Crippen LogP contribution in [0.2, 0.25) is 0 Å². The lowest BCUT2D eigenvalue weighted by molar-refractivity contribution is 0.0592. The third kappa shape index (κ3) is 2.41. The van der Waals surface area contributed by atoms with E-state index in [4.69, 9.17) is 4.74 Å². The fraction of sp³-hybridized carbons (Fsp3) is 0.467. The molecule has 3 rings (SSSR count). The van der Waals surface area contributed by atoms with Gasteiger partial charge in [-0.3, -0.25) is 4.40 Å². The highest BCUT2D eigenvalue weighted by atomic mass is 16.5. The second-order valence-electron chi connectivity index (χ2n) is 5.21. The first kappa shape index (κ1) is 13.1. The molecule has 0 aromatic carbocycles. The molecule has 2 aromatic rings. The number of aromatic nitrogens is 2. The van der Waals surface area contributed by atoms with Gasteiger partial charge in [-0.05, 0) is 25.0 Å². The van der Waals surface area contributed by atoms with Crippen LogP contribution < -0.4 is 5.32 Å². The van der Waals surface area contributed by atoms with Crippen molar-refractivity contribution >= 4 is 11.6 Å². The number of carbonyl (C=O) groups is 1. The maximum absolute atomic E-state index is 11.8. The number of methoxy groups -OCH3 is 1. The maximum atomic E-state index is 11.8. The molecule has 0 unspecified atom stereocenters. The van der Waals surface area contributed by atoms with Crippen molar-refractivity contribution in [3.05, 3.63) is 35.8 Å². The van der Waals surface area contributed by atoms with E-state index in [1.54, 1.807) is 6.07 Å². The van der Waals surface area contributed by atoms with Gasteiger partial charge in [-0.25, -0.2) is 9.78 Å². The molecule has 0 amide bonds. The smallest absolute Gasteiger partial charge is 0.355 e. The van der Waals surface area contributed by atoms with Gasteiger partial charge in [-0.2, -0.15) is 0 Å². The molecule has 0 spiro atoms. The molecule has 1 aliphatic carbocycles. The lowest BCUT2D eigenvalue weighted by Crippen LogP contribution is -2.26. The SMILES string of the molecule is COC(=O)c1cccc2ncc(CNC3CCCC3)n12. The molecule has 0 saturated heterocycles. The largest absolute Gasteiger partial charge is 0.464 e. The summed E-state index contributed by atoms with van der Waals surface area (Å²) in [6.07, 6.45) is 6.90. The quantitative estimate of drug-likeness (QED) is 0.867. The fourth-order valence-corrected chi connectivity index (χ4v) is 2.87. The van der Waals surface area contributed by atoms with Gasteiger partial charge in [0.1, 0.15) is 11.3 Å². The number of pyridine rings is 1. The van der Waals surface area contributed by atoms with E-state index >= 15 is 0 Å². The van der Waals surface area contributed by atoms with Crippen LogP contribution in [-0.2, 0) is 11.3 Å². The Hall–Kier alpha value is -1.88. The van der Waals surface area contributed by atoms with Crippen LogP contribution in [0.5, 0.6) is 0 Å². The van der Waals surface area contributed by atoms with E-state index in [-0.39, 0.29) is 5.97 Å². The van der Waals surface area contributed by atoms with Crippen LogP contribution in [-0.4, -0.2) is 28.5 Å². The van der Waals surface area contributed by atoms with Crippen molar-refractivity contribution in [1.29, 1.82) is 0 Å². The molecule has 1 aliphatic rings. The molecule has 1 N–H and O–H groups in total. The van der Waals surface area contributed by atoms with Gasteiger partial charge in [0, 0.05) is 12.6 Å². The van der Waals surface area contributed by atoms with E-state index < -0.39 is 0 Å². The summed E-state index contributed by atoms with van der Waals surface area (Å²) in [7, 11) is 1.40. The lowest BCUT2D eigenvalue weighted by atomic mass is 10.2. The third-order valence-corrected chi connectivity index (χ3v) is 3.92. The average Bonchev–Trinajstić information content (AvgIpc) is 3.13. The number of rotatable bonds is 4. The summed E-state index contributed by atoms with van der Waals surface area (Å²) in [5.41, 5.74) is 2.29. The lowest BCUT2D eigenvalue weighted by Gasteiger charge is -2.12. The van der Waals surface area contributed by atoms with Crippen LogP contribution in [0.3, 0.4) is 0 Å². The van der Waals surface area contributed by atoms with Crippen LogP contribution in [0, 0.1) is 0 Å². The minimum absolute atomic E-state index is 0.337. The Morgan fingerprint density at radius 3 is 3.00 bits per heavy atom. The summed E-state index contributed by atoms with van der Waals surface area (Å²) in [4.78, 5) is 16.2. The zero-order valence-electron chi connectivity index (χ0n) is 11.6. The average molecular weight is 273 g/mol. The van der Waals surface area contributed by atoms with Crippen molar-refractivity contribution in [2.75, 3.05) is 7.11 Å². The Morgan fingerprint density at radius 2 is 2.25 bits per heavy atom. The summed E-state index contributed by atoms with van der Waals surface area (Å²) in [6.45, 7) is 0.722. The monoisotopic (exact) mass is 273 g/mol. The second kappa shape index (κ2) is 5.63. The molecule has 2 heterocycles. The van der Waals surface area contributed by atoms with Crippen LogP contribution in [0.15, 0.2) is 24.4 Å². The summed E-state index contributed by atoms with van der Waals surface area (Å²) in [5.74, 6) is -0.337. The van der Waals surface area contributed by atoms with Crippen molar-refractivity contribution in [3.8, 4) is 0 Å². The highest BCUT2D eigenvalue weighted by Crippen LogP contribution is 2.18. The predicted octanol–water partition coefficient (Wildman–Crippen LogP) is 2.15. The highest BCUT2D eigenvalue weighted by molar-refractivity contribution is 5.88.